The third-order valence-electron chi connectivity index (χ3n) is 4.25. The van der Waals surface area contributed by atoms with Gasteiger partial charge in [-0.1, -0.05) is 29.3 Å². The number of nitrogens with one attached hydrogen (secondary N) is 1. The highest BCUT2D eigenvalue weighted by molar-refractivity contribution is 7.17. The van der Waals surface area contributed by atoms with Gasteiger partial charge in [0.1, 0.15) is 5.00 Å². The summed E-state index contributed by atoms with van der Waals surface area (Å²) >= 11 is 13.4. The standard InChI is InChI=1S/C19H18Cl2N2O3S/c1-23-8-7-13-15(10-23)27-18(17(13)19(25)26-2)22-16(24)6-4-11-3-5-12(20)9-14(11)21/h3-6,9H,7-8,10H2,1-2H3,(H,22,24)/b6-4+. The van der Waals surface area contributed by atoms with Gasteiger partial charge < -0.3 is 15.0 Å². The third kappa shape index (κ3) is 4.52. The van der Waals surface area contributed by atoms with Crippen molar-refractivity contribution < 1.29 is 14.3 Å². The Labute approximate surface area is 171 Å². The molecule has 0 atom stereocenters. The number of hydrogen-bond donors (Lipinski definition) is 1. The summed E-state index contributed by atoms with van der Waals surface area (Å²) in [4.78, 5) is 27.9. The fraction of sp³-hybridized carbons (Fsp3) is 0.263. The van der Waals surface area contributed by atoms with Crippen LogP contribution in [-0.4, -0.2) is 37.5 Å². The lowest BCUT2D eigenvalue weighted by Gasteiger charge is -2.22. The summed E-state index contributed by atoms with van der Waals surface area (Å²) in [5.74, 6) is -0.782. The zero-order valence-electron chi connectivity index (χ0n) is 14.8. The van der Waals surface area contributed by atoms with Gasteiger partial charge in [-0.05, 0) is 42.8 Å². The maximum absolute atomic E-state index is 12.4. The summed E-state index contributed by atoms with van der Waals surface area (Å²) < 4.78 is 4.92. The smallest absolute Gasteiger partial charge is 0.341 e. The summed E-state index contributed by atoms with van der Waals surface area (Å²) in [6, 6.07) is 5.04. The molecule has 0 saturated heterocycles. The molecule has 1 aliphatic rings. The van der Waals surface area contributed by atoms with E-state index in [-0.39, 0.29) is 5.91 Å². The van der Waals surface area contributed by atoms with Gasteiger partial charge >= 0.3 is 5.97 Å². The minimum absolute atomic E-state index is 0.349. The van der Waals surface area contributed by atoms with E-state index in [1.165, 1.54) is 24.5 Å². The second kappa shape index (κ2) is 8.44. The van der Waals surface area contributed by atoms with Crippen LogP contribution in [0, 0.1) is 0 Å². The minimum Gasteiger partial charge on any atom is -0.465 e. The molecule has 1 aromatic heterocycles. The van der Waals surface area contributed by atoms with Gasteiger partial charge in [0.15, 0.2) is 0 Å². The van der Waals surface area contributed by atoms with Crippen molar-refractivity contribution in [1.29, 1.82) is 0 Å². The molecule has 0 unspecified atom stereocenters. The molecule has 1 N–H and O–H groups in total. The zero-order chi connectivity index (χ0) is 19.6. The van der Waals surface area contributed by atoms with Crippen LogP contribution in [0.5, 0.6) is 0 Å². The highest BCUT2D eigenvalue weighted by Gasteiger charge is 2.28. The van der Waals surface area contributed by atoms with Gasteiger partial charge in [0.05, 0.1) is 12.7 Å². The average Bonchev–Trinajstić information content (AvgIpc) is 2.97. The largest absolute Gasteiger partial charge is 0.465 e. The van der Waals surface area contributed by atoms with E-state index in [1.54, 1.807) is 24.3 Å². The molecule has 0 saturated carbocycles. The number of anilines is 1. The average molecular weight is 425 g/mol. The summed E-state index contributed by atoms with van der Waals surface area (Å²) in [5.41, 5.74) is 2.10. The van der Waals surface area contributed by atoms with Gasteiger partial charge in [0.25, 0.3) is 0 Å². The van der Waals surface area contributed by atoms with Crippen molar-refractivity contribution >= 4 is 57.5 Å². The van der Waals surface area contributed by atoms with Gasteiger partial charge in [-0.15, -0.1) is 11.3 Å². The Balaban J connectivity index is 1.83. The van der Waals surface area contributed by atoms with E-state index in [2.05, 4.69) is 10.2 Å². The second-order valence-corrected chi connectivity index (χ2v) is 8.12. The topological polar surface area (TPSA) is 58.6 Å². The van der Waals surface area contributed by atoms with Crippen molar-refractivity contribution in [2.24, 2.45) is 0 Å². The number of carbonyl (C=O) groups is 2. The Morgan fingerprint density at radius 1 is 1.33 bits per heavy atom. The molecule has 0 radical (unpaired) electrons. The number of amides is 1. The summed E-state index contributed by atoms with van der Waals surface area (Å²) in [6.45, 7) is 1.60. The predicted molar refractivity (Wildman–Crippen MR) is 110 cm³/mol. The lowest BCUT2D eigenvalue weighted by molar-refractivity contribution is -0.111. The molecule has 1 aromatic carbocycles. The zero-order valence-corrected chi connectivity index (χ0v) is 17.2. The molecule has 0 bridgehead atoms. The number of fused-ring (bicyclic) bond motifs is 1. The Bertz CT molecular complexity index is 924. The number of methoxy groups -OCH3 is 1. The van der Waals surface area contributed by atoms with E-state index in [1.807, 2.05) is 7.05 Å². The van der Waals surface area contributed by atoms with Crippen molar-refractivity contribution in [2.45, 2.75) is 13.0 Å². The van der Waals surface area contributed by atoms with E-state index in [4.69, 9.17) is 27.9 Å². The van der Waals surface area contributed by atoms with E-state index < -0.39 is 5.97 Å². The van der Waals surface area contributed by atoms with Crippen LogP contribution in [0.15, 0.2) is 24.3 Å². The molecule has 5 nitrogen and oxygen atoms in total. The van der Waals surface area contributed by atoms with Crippen LogP contribution >= 0.6 is 34.5 Å². The lowest BCUT2D eigenvalue weighted by atomic mass is 10.0. The molecular formula is C19H18Cl2N2O3S. The van der Waals surface area contributed by atoms with Gasteiger partial charge in [-0.3, -0.25) is 4.79 Å². The fourth-order valence-corrected chi connectivity index (χ4v) is 4.68. The number of esters is 1. The molecule has 2 heterocycles. The second-order valence-electron chi connectivity index (χ2n) is 6.18. The molecule has 2 aromatic rings. The normalized spacial score (nSPS) is 14.2. The molecule has 0 fully saturated rings. The number of ether oxygens (including phenoxy) is 1. The maximum atomic E-state index is 12.4. The summed E-state index contributed by atoms with van der Waals surface area (Å²) in [6.07, 6.45) is 3.73. The fourth-order valence-electron chi connectivity index (χ4n) is 2.89. The van der Waals surface area contributed by atoms with Gasteiger partial charge in [-0.25, -0.2) is 4.79 Å². The monoisotopic (exact) mass is 424 g/mol. The van der Waals surface area contributed by atoms with Crippen molar-refractivity contribution in [3.63, 3.8) is 0 Å². The summed E-state index contributed by atoms with van der Waals surface area (Å²) in [7, 11) is 3.37. The van der Waals surface area contributed by atoms with Crippen molar-refractivity contribution in [3.05, 3.63) is 55.9 Å². The Morgan fingerprint density at radius 2 is 2.11 bits per heavy atom. The predicted octanol–water partition coefficient (Wildman–Crippen LogP) is 4.48. The van der Waals surface area contributed by atoms with Crippen molar-refractivity contribution in [3.8, 4) is 0 Å². The Morgan fingerprint density at radius 3 is 2.81 bits per heavy atom. The van der Waals surface area contributed by atoms with E-state index >= 15 is 0 Å². The van der Waals surface area contributed by atoms with Crippen LogP contribution in [0.2, 0.25) is 10.0 Å². The van der Waals surface area contributed by atoms with Crippen LogP contribution in [0.3, 0.4) is 0 Å². The molecule has 27 heavy (non-hydrogen) atoms. The first-order chi connectivity index (χ1) is 12.9. The van der Waals surface area contributed by atoms with Crippen molar-refractivity contribution in [1.82, 2.24) is 4.90 Å². The number of thiophene rings is 1. The first-order valence-corrected chi connectivity index (χ1v) is 9.81. The molecule has 0 spiro atoms. The van der Waals surface area contributed by atoms with Gasteiger partial charge in [0.2, 0.25) is 5.91 Å². The van der Waals surface area contributed by atoms with Crippen LogP contribution in [0.25, 0.3) is 6.08 Å². The lowest BCUT2D eigenvalue weighted by Crippen LogP contribution is -2.26. The number of hydrogen-bond acceptors (Lipinski definition) is 5. The van der Waals surface area contributed by atoms with Crippen LogP contribution in [0.1, 0.15) is 26.4 Å². The number of rotatable bonds is 4. The molecule has 1 amide bonds. The minimum atomic E-state index is -0.433. The molecule has 0 aliphatic carbocycles. The maximum Gasteiger partial charge on any atom is 0.341 e. The van der Waals surface area contributed by atoms with Crippen LogP contribution in [-0.2, 0) is 22.5 Å². The number of halogens is 2. The van der Waals surface area contributed by atoms with E-state index in [9.17, 15) is 9.59 Å². The molecule has 8 heteroatoms. The van der Waals surface area contributed by atoms with Gasteiger partial charge in [0, 0.05) is 34.1 Å². The number of likely N-dealkylation sites (N-methyl/N-ethyl adjacent to an activating group) is 1. The van der Waals surface area contributed by atoms with Crippen molar-refractivity contribution in [2.75, 3.05) is 26.0 Å². The summed E-state index contributed by atoms with van der Waals surface area (Å²) in [5, 5.41) is 4.30. The van der Waals surface area contributed by atoms with Crippen LogP contribution in [0.4, 0.5) is 5.00 Å². The highest BCUT2D eigenvalue weighted by atomic mass is 35.5. The van der Waals surface area contributed by atoms with Crippen LogP contribution < -0.4 is 5.32 Å². The van der Waals surface area contributed by atoms with Gasteiger partial charge in [-0.2, -0.15) is 0 Å². The molecular weight excluding hydrogens is 407 g/mol. The highest BCUT2D eigenvalue weighted by Crippen LogP contribution is 2.37. The Kier molecular flexibility index (Phi) is 6.22. The first-order valence-electron chi connectivity index (χ1n) is 8.24. The van der Waals surface area contributed by atoms with E-state index in [0.29, 0.717) is 26.2 Å². The van der Waals surface area contributed by atoms with E-state index in [0.717, 1.165) is 30.0 Å². The first kappa shape index (κ1) is 19.9. The Hall–Kier alpha value is -1.86. The number of carbonyl (C=O) groups excluding carboxylic acids is 2. The third-order valence-corrected chi connectivity index (χ3v) is 5.95. The number of nitrogens with zero attached hydrogens (tertiary/aromatic N) is 1. The molecule has 1 aliphatic heterocycles. The molecule has 142 valence electrons. The molecule has 3 rings (SSSR count). The SMILES string of the molecule is COC(=O)c1c(NC(=O)/C=C/c2ccc(Cl)cc2Cl)sc2c1CCN(C)C2. The quantitative estimate of drug-likeness (QED) is 0.580. The number of benzene rings is 1.